The van der Waals surface area contributed by atoms with Gasteiger partial charge in [0, 0.05) is 18.1 Å². The van der Waals surface area contributed by atoms with Crippen molar-refractivity contribution >= 4 is 0 Å². The topological polar surface area (TPSA) is 6.48 Å². The minimum absolute atomic E-state index is 0.790. The second-order valence-corrected chi connectivity index (χ2v) is 5.93. The molecule has 0 radical (unpaired) electrons. The molecule has 0 aromatic rings. The number of likely N-dealkylation sites (tertiary alicyclic amines) is 2. The van der Waals surface area contributed by atoms with Crippen LogP contribution in [-0.2, 0) is 0 Å². The average Bonchev–Trinajstić information content (AvgIpc) is 2.62. The van der Waals surface area contributed by atoms with Gasteiger partial charge in [0.2, 0.25) is 0 Å². The molecular weight excluding hydrogens is 196 g/mol. The molecule has 3 unspecified atom stereocenters. The second kappa shape index (κ2) is 5.50. The number of hydrogen-bond donors (Lipinski definition) is 0. The van der Waals surface area contributed by atoms with Crippen LogP contribution in [0.5, 0.6) is 0 Å². The molecule has 2 fully saturated rings. The summed E-state index contributed by atoms with van der Waals surface area (Å²) in [5, 5.41) is 0. The van der Waals surface area contributed by atoms with Gasteiger partial charge in [-0.3, -0.25) is 0 Å². The molecule has 2 saturated heterocycles. The summed E-state index contributed by atoms with van der Waals surface area (Å²) in [7, 11) is 2.31. The summed E-state index contributed by atoms with van der Waals surface area (Å²) in [5.74, 6) is 0. The molecule has 2 heterocycles. The van der Waals surface area contributed by atoms with Crippen molar-refractivity contribution in [3.8, 4) is 0 Å². The van der Waals surface area contributed by atoms with Gasteiger partial charge in [-0.2, -0.15) is 0 Å². The van der Waals surface area contributed by atoms with Gasteiger partial charge in [0.25, 0.3) is 0 Å². The summed E-state index contributed by atoms with van der Waals surface area (Å²) in [4.78, 5) is 5.31. The third-order valence-corrected chi connectivity index (χ3v) is 4.82. The maximum absolute atomic E-state index is 2.71. The third kappa shape index (κ3) is 2.78. The quantitative estimate of drug-likeness (QED) is 0.727. The number of piperidine rings is 1. The summed E-state index contributed by atoms with van der Waals surface area (Å²) in [6.45, 7) is 7.48. The molecule has 0 saturated carbocycles. The molecule has 0 aromatic carbocycles. The summed E-state index contributed by atoms with van der Waals surface area (Å²) in [6.07, 6.45) is 8.47. The molecule has 2 heteroatoms. The summed E-state index contributed by atoms with van der Waals surface area (Å²) in [6, 6.07) is 2.43. The van der Waals surface area contributed by atoms with Gasteiger partial charge in [-0.25, -0.2) is 0 Å². The Bertz CT molecular complexity index is 211. The Hall–Kier alpha value is -0.0800. The predicted octanol–water partition coefficient (Wildman–Crippen LogP) is 2.73. The summed E-state index contributed by atoms with van der Waals surface area (Å²) < 4.78 is 0. The SMILES string of the molecule is CC(CC1CCC(C)N1C)N1CCCCC1. The highest BCUT2D eigenvalue weighted by molar-refractivity contribution is 4.86. The van der Waals surface area contributed by atoms with E-state index in [1.54, 1.807) is 0 Å². The average molecular weight is 224 g/mol. The van der Waals surface area contributed by atoms with Crippen LogP contribution in [0.1, 0.15) is 52.4 Å². The molecule has 2 aliphatic heterocycles. The maximum atomic E-state index is 2.71. The molecule has 2 nitrogen and oxygen atoms in total. The molecule has 0 amide bonds. The predicted molar refractivity (Wildman–Crippen MR) is 69.8 cm³/mol. The van der Waals surface area contributed by atoms with Crippen LogP contribution in [0.4, 0.5) is 0 Å². The van der Waals surface area contributed by atoms with Crippen molar-refractivity contribution in [1.29, 1.82) is 0 Å². The van der Waals surface area contributed by atoms with E-state index in [2.05, 4.69) is 30.7 Å². The van der Waals surface area contributed by atoms with E-state index < -0.39 is 0 Å². The monoisotopic (exact) mass is 224 g/mol. The molecular formula is C14H28N2. The first kappa shape index (κ1) is 12.4. The van der Waals surface area contributed by atoms with Crippen LogP contribution in [0.25, 0.3) is 0 Å². The van der Waals surface area contributed by atoms with Gasteiger partial charge >= 0.3 is 0 Å². The molecule has 94 valence electrons. The Balaban J connectivity index is 1.79. The zero-order chi connectivity index (χ0) is 11.5. The van der Waals surface area contributed by atoms with Crippen LogP contribution in [-0.4, -0.2) is 48.1 Å². The van der Waals surface area contributed by atoms with Crippen LogP contribution in [0, 0.1) is 0 Å². The Labute approximate surface area is 101 Å². The zero-order valence-corrected chi connectivity index (χ0v) is 11.3. The van der Waals surface area contributed by atoms with Crippen molar-refractivity contribution in [2.45, 2.75) is 70.5 Å². The second-order valence-electron chi connectivity index (χ2n) is 5.93. The van der Waals surface area contributed by atoms with Gasteiger partial charge in [-0.05, 0) is 66.1 Å². The van der Waals surface area contributed by atoms with Gasteiger partial charge in [0.1, 0.15) is 0 Å². The third-order valence-electron chi connectivity index (χ3n) is 4.82. The maximum Gasteiger partial charge on any atom is 0.0110 e. The first-order chi connectivity index (χ1) is 7.68. The zero-order valence-electron chi connectivity index (χ0n) is 11.3. The molecule has 2 rings (SSSR count). The highest BCUT2D eigenvalue weighted by Gasteiger charge is 2.29. The van der Waals surface area contributed by atoms with E-state index in [0.717, 1.165) is 18.1 Å². The standard InChI is InChI=1S/C14H28N2/c1-12-7-8-14(15(12)3)11-13(2)16-9-5-4-6-10-16/h12-14H,4-11H2,1-3H3. The molecule has 0 N–H and O–H groups in total. The molecule has 16 heavy (non-hydrogen) atoms. The van der Waals surface area contributed by atoms with Crippen LogP contribution < -0.4 is 0 Å². The lowest BCUT2D eigenvalue weighted by atomic mass is 10.0. The Morgan fingerprint density at radius 2 is 1.81 bits per heavy atom. The molecule has 2 aliphatic rings. The van der Waals surface area contributed by atoms with Gasteiger partial charge in [0.15, 0.2) is 0 Å². The Kier molecular flexibility index (Phi) is 4.26. The lowest BCUT2D eigenvalue weighted by Crippen LogP contribution is -2.41. The molecule has 0 spiro atoms. The van der Waals surface area contributed by atoms with Crippen LogP contribution in [0.3, 0.4) is 0 Å². The molecule has 0 bridgehead atoms. The van der Waals surface area contributed by atoms with E-state index in [-0.39, 0.29) is 0 Å². The highest BCUT2D eigenvalue weighted by Crippen LogP contribution is 2.26. The first-order valence-corrected chi connectivity index (χ1v) is 7.14. The molecule has 0 aliphatic carbocycles. The van der Waals surface area contributed by atoms with E-state index >= 15 is 0 Å². The largest absolute Gasteiger partial charge is 0.301 e. The Morgan fingerprint density at radius 1 is 1.12 bits per heavy atom. The van der Waals surface area contributed by atoms with E-state index in [1.807, 2.05) is 0 Å². The van der Waals surface area contributed by atoms with Gasteiger partial charge < -0.3 is 9.80 Å². The van der Waals surface area contributed by atoms with Crippen molar-refractivity contribution < 1.29 is 0 Å². The van der Waals surface area contributed by atoms with Crippen molar-refractivity contribution in [3.63, 3.8) is 0 Å². The molecule has 0 aromatic heterocycles. The van der Waals surface area contributed by atoms with Gasteiger partial charge in [0.05, 0.1) is 0 Å². The lowest BCUT2D eigenvalue weighted by molar-refractivity contribution is 0.134. The smallest absolute Gasteiger partial charge is 0.0110 e. The minimum Gasteiger partial charge on any atom is -0.301 e. The normalized spacial score (nSPS) is 35.4. The number of rotatable bonds is 3. The Morgan fingerprint density at radius 3 is 2.38 bits per heavy atom. The van der Waals surface area contributed by atoms with E-state index in [0.29, 0.717) is 0 Å². The minimum atomic E-state index is 0.790. The first-order valence-electron chi connectivity index (χ1n) is 7.14. The van der Waals surface area contributed by atoms with Gasteiger partial charge in [-0.1, -0.05) is 6.42 Å². The van der Waals surface area contributed by atoms with Crippen LogP contribution >= 0.6 is 0 Å². The fourth-order valence-corrected chi connectivity index (χ4v) is 3.39. The van der Waals surface area contributed by atoms with Crippen LogP contribution in [0.15, 0.2) is 0 Å². The fourth-order valence-electron chi connectivity index (χ4n) is 3.39. The number of nitrogens with zero attached hydrogens (tertiary/aromatic N) is 2. The van der Waals surface area contributed by atoms with E-state index in [4.69, 9.17) is 0 Å². The van der Waals surface area contributed by atoms with Crippen molar-refractivity contribution in [2.75, 3.05) is 20.1 Å². The van der Waals surface area contributed by atoms with E-state index in [9.17, 15) is 0 Å². The summed E-state index contributed by atoms with van der Waals surface area (Å²) >= 11 is 0. The highest BCUT2D eigenvalue weighted by atomic mass is 15.2. The number of hydrogen-bond acceptors (Lipinski definition) is 2. The summed E-state index contributed by atoms with van der Waals surface area (Å²) in [5.41, 5.74) is 0. The van der Waals surface area contributed by atoms with Crippen molar-refractivity contribution in [3.05, 3.63) is 0 Å². The molecule has 3 atom stereocenters. The fraction of sp³-hybridized carbons (Fsp3) is 1.00. The van der Waals surface area contributed by atoms with Crippen molar-refractivity contribution in [1.82, 2.24) is 9.80 Å². The van der Waals surface area contributed by atoms with E-state index in [1.165, 1.54) is 51.6 Å². The van der Waals surface area contributed by atoms with Crippen molar-refractivity contribution in [2.24, 2.45) is 0 Å². The van der Waals surface area contributed by atoms with Gasteiger partial charge in [-0.15, -0.1) is 0 Å². The van der Waals surface area contributed by atoms with Crippen LogP contribution in [0.2, 0.25) is 0 Å². The lowest BCUT2D eigenvalue weighted by Gasteiger charge is -2.35.